The zero-order chi connectivity index (χ0) is 15.4. The molecule has 0 saturated heterocycles. The Balaban J connectivity index is 1.60. The van der Waals surface area contributed by atoms with Crippen LogP contribution in [0, 0.1) is 0 Å². The van der Waals surface area contributed by atoms with Crippen molar-refractivity contribution in [1.29, 1.82) is 0 Å². The van der Waals surface area contributed by atoms with Gasteiger partial charge in [0.25, 0.3) is 0 Å². The van der Waals surface area contributed by atoms with Crippen LogP contribution in [0.5, 0.6) is 0 Å². The van der Waals surface area contributed by atoms with Gasteiger partial charge in [-0.1, -0.05) is 18.0 Å². The van der Waals surface area contributed by atoms with Gasteiger partial charge < -0.3 is 9.84 Å². The summed E-state index contributed by atoms with van der Waals surface area (Å²) in [5.41, 5.74) is 1.22. The van der Waals surface area contributed by atoms with E-state index in [9.17, 15) is 9.59 Å². The Morgan fingerprint density at radius 3 is 2.73 bits per heavy atom. The standard InChI is InChI=1S/C15H17N3O3S/c19-13(14(20)17-12-3-7-21-18-12)16-10-15(5-1-2-6-15)11-4-8-22-9-11/h3-4,7-9H,1-2,5-6,10H2,(H,16,19)(H,17,18,20). The number of amides is 2. The third-order valence-corrected chi connectivity index (χ3v) is 4.85. The summed E-state index contributed by atoms with van der Waals surface area (Å²) >= 11 is 1.66. The van der Waals surface area contributed by atoms with Crippen LogP contribution in [0.15, 0.2) is 33.7 Å². The van der Waals surface area contributed by atoms with Gasteiger partial charge in [0.15, 0.2) is 5.82 Å². The fourth-order valence-corrected chi connectivity index (χ4v) is 3.74. The zero-order valence-corrected chi connectivity index (χ0v) is 12.8. The van der Waals surface area contributed by atoms with Crippen molar-refractivity contribution in [3.8, 4) is 0 Å². The van der Waals surface area contributed by atoms with Crippen LogP contribution in [0.1, 0.15) is 31.2 Å². The van der Waals surface area contributed by atoms with E-state index in [0.717, 1.165) is 25.7 Å². The van der Waals surface area contributed by atoms with E-state index >= 15 is 0 Å². The largest absolute Gasteiger partial charge is 0.363 e. The molecule has 0 spiro atoms. The van der Waals surface area contributed by atoms with Crippen LogP contribution in [0.4, 0.5) is 5.82 Å². The Morgan fingerprint density at radius 2 is 2.09 bits per heavy atom. The van der Waals surface area contributed by atoms with Gasteiger partial charge in [0.2, 0.25) is 0 Å². The molecule has 22 heavy (non-hydrogen) atoms. The molecule has 0 unspecified atom stereocenters. The van der Waals surface area contributed by atoms with Crippen molar-refractivity contribution in [1.82, 2.24) is 10.5 Å². The zero-order valence-electron chi connectivity index (χ0n) is 12.0. The van der Waals surface area contributed by atoms with E-state index in [0.29, 0.717) is 6.54 Å². The summed E-state index contributed by atoms with van der Waals surface area (Å²) in [6.07, 6.45) is 5.70. The molecule has 2 aromatic rings. The van der Waals surface area contributed by atoms with E-state index in [4.69, 9.17) is 0 Å². The summed E-state index contributed by atoms with van der Waals surface area (Å²) in [6.45, 7) is 0.481. The van der Waals surface area contributed by atoms with Crippen molar-refractivity contribution >= 4 is 29.0 Å². The van der Waals surface area contributed by atoms with E-state index in [1.54, 1.807) is 11.3 Å². The molecule has 1 aliphatic carbocycles. The van der Waals surface area contributed by atoms with Crippen LogP contribution in [-0.4, -0.2) is 23.5 Å². The molecular formula is C15H17N3O3S. The molecule has 0 aromatic carbocycles. The van der Waals surface area contributed by atoms with Crippen molar-refractivity contribution in [2.24, 2.45) is 0 Å². The number of rotatable bonds is 4. The van der Waals surface area contributed by atoms with Crippen LogP contribution >= 0.6 is 11.3 Å². The summed E-state index contributed by atoms with van der Waals surface area (Å²) in [5, 5.41) is 12.9. The molecule has 0 radical (unpaired) electrons. The predicted molar refractivity (Wildman–Crippen MR) is 82.6 cm³/mol. The normalized spacial score (nSPS) is 16.4. The first-order chi connectivity index (χ1) is 10.7. The quantitative estimate of drug-likeness (QED) is 0.847. The molecule has 7 heteroatoms. The molecule has 1 fully saturated rings. The number of anilines is 1. The second kappa shape index (κ2) is 6.31. The van der Waals surface area contributed by atoms with Gasteiger partial charge in [-0.2, -0.15) is 11.3 Å². The summed E-state index contributed by atoms with van der Waals surface area (Å²) in [6, 6.07) is 3.59. The molecule has 0 bridgehead atoms. The number of hydrogen-bond acceptors (Lipinski definition) is 5. The molecule has 2 amide bonds. The fourth-order valence-electron chi connectivity index (χ4n) is 2.97. The summed E-state index contributed by atoms with van der Waals surface area (Å²) < 4.78 is 4.61. The highest BCUT2D eigenvalue weighted by atomic mass is 32.1. The highest BCUT2D eigenvalue weighted by Gasteiger charge is 2.36. The molecule has 0 aliphatic heterocycles. The van der Waals surface area contributed by atoms with E-state index in [2.05, 4.69) is 37.1 Å². The topological polar surface area (TPSA) is 84.2 Å². The summed E-state index contributed by atoms with van der Waals surface area (Å²) in [7, 11) is 0. The maximum absolute atomic E-state index is 12.0. The number of nitrogens with one attached hydrogen (secondary N) is 2. The maximum atomic E-state index is 12.0. The lowest BCUT2D eigenvalue weighted by Gasteiger charge is -2.28. The first kappa shape index (κ1) is 14.8. The smallest absolute Gasteiger partial charge is 0.314 e. The lowest BCUT2D eigenvalue weighted by molar-refractivity contribution is -0.136. The number of hydrogen-bond donors (Lipinski definition) is 2. The van der Waals surface area contributed by atoms with Crippen molar-refractivity contribution in [3.05, 3.63) is 34.7 Å². The number of carbonyl (C=O) groups excluding carboxylic acids is 2. The number of nitrogens with zero attached hydrogens (tertiary/aromatic N) is 1. The lowest BCUT2D eigenvalue weighted by atomic mass is 9.80. The second-order valence-electron chi connectivity index (χ2n) is 5.52. The van der Waals surface area contributed by atoms with Crippen LogP contribution in [-0.2, 0) is 15.0 Å². The number of carbonyl (C=O) groups is 2. The third-order valence-electron chi connectivity index (χ3n) is 4.17. The molecule has 1 saturated carbocycles. The number of thiophene rings is 1. The van der Waals surface area contributed by atoms with Gasteiger partial charge in [0, 0.05) is 18.0 Å². The molecule has 6 nitrogen and oxygen atoms in total. The monoisotopic (exact) mass is 319 g/mol. The Bertz CT molecular complexity index is 631. The Kier molecular flexibility index (Phi) is 4.24. The average Bonchev–Trinajstić information content (AvgIpc) is 3.25. The Labute approximate surface area is 131 Å². The first-order valence-corrected chi connectivity index (χ1v) is 8.16. The lowest BCUT2D eigenvalue weighted by Crippen LogP contribution is -2.43. The molecule has 2 heterocycles. The van der Waals surface area contributed by atoms with E-state index < -0.39 is 11.8 Å². The van der Waals surface area contributed by atoms with Gasteiger partial charge in [-0.25, -0.2) is 0 Å². The van der Waals surface area contributed by atoms with E-state index in [-0.39, 0.29) is 11.2 Å². The van der Waals surface area contributed by atoms with Crippen LogP contribution in [0.3, 0.4) is 0 Å². The molecule has 3 rings (SSSR count). The molecule has 116 valence electrons. The van der Waals surface area contributed by atoms with Gasteiger partial charge in [-0.3, -0.25) is 14.9 Å². The second-order valence-corrected chi connectivity index (χ2v) is 6.30. The fraction of sp³-hybridized carbons (Fsp3) is 0.400. The van der Waals surface area contributed by atoms with Gasteiger partial charge in [0.05, 0.1) is 0 Å². The SMILES string of the molecule is O=C(NCC1(c2ccsc2)CCCC1)C(=O)Nc1ccon1. The Hall–Kier alpha value is -2.15. The minimum absolute atomic E-state index is 0.0379. The van der Waals surface area contributed by atoms with E-state index in [1.165, 1.54) is 17.9 Å². The van der Waals surface area contributed by atoms with Crippen molar-refractivity contribution in [2.45, 2.75) is 31.1 Å². The highest BCUT2D eigenvalue weighted by Crippen LogP contribution is 2.41. The summed E-state index contributed by atoms with van der Waals surface area (Å²) in [5.74, 6) is -1.15. The molecular weight excluding hydrogens is 302 g/mol. The minimum atomic E-state index is -0.729. The predicted octanol–water partition coefficient (Wildman–Crippen LogP) is 2.30. The van der Waals surface area contributed by atoms with Crippen LogP contribution in [0.25, 0.3) is 0 Å². The molecule has 0 atom stereocenters. The van der Waals surface area contributed by atoms with Crippen LogP contribution < -0.4 is 10.6 Å². The highest BCUT2D eigenvalue weighted by molar-refractivity contribution is 7.08. The minimum Gasteiger partial charge on any atom is -0.363 e. The Morgan fingerprint density at radius 1 is 1.27 bits per heavy atom. The maximum Gasteiger partial charge on any atom is 0.314 e. The first-order valence-electron chi connectivity index (χ1n) is 7.22. The van der Waals surface area contributed by atoms with E-state index in [1.807, 2.05) is 0 Å². The number of aromatic nitrogens is 1. The molecule has 2 aromatic heterocycles. The summed E-state index contributed by atoms with van der Waals surface area (Å²) in [4.78, 5) is 23.8. The van der Waals surface area contributed by atoms with Crippen LogP contribution in [0.2, 0.25) is 0 Å². The molecule has 1 aliphatic rings. The van der Waals surface area contributed by atoms with Crippen molar-refractivity contribution in [3.63, 3.8) is 0 Å². The van der Waals surface area contributed by atoms with Gasteiger partial charge in [-0.15, -0.1) is 0 Å². The molecule has 2 N–H and O–H groups in total. The van der Waals surface area contributed by atoms with Gasteiger partial charge >= 0.3 is 11.8 Å². The third kappa shape index (κ3) is 3.04. The van der Waals surface area contributed by atoms with Gasteiger partial charge in [-0.05, 0) is 35.2 Å². The van der Waals surface area contributed by atoms with Crippen molar-refractivity contribution in [2.75, 3.05) is 11.9 Å². The van der Waals surface area contributed by atoms with Crippen molar-refractivity contribution < 1.29 is 14.1 Å². The van der Waals surface area contributed by atoms with Gasteiger partial charge in [0.1, 0.15) is 6.26 Å². The average molecular weight is 319 g/mol.